The molecular formula is C10H6F16S2. The highest BCUT2D eigenvalue weighted by molar-refractivity contribution is 8.77. The molecule has 0 saturated carbocycles. The van der Waals surface area contributed by atoms with E-state index in [1.807, 2.05) is 0 Å². The Morgan fingerprint density at radius 2 is 0.643 bits per heavy atom. The number of hydrogen-bond donors (Lipinski definition) is 0. The van der Waals surface area contributed by atoms with Crippen LogP contribution < -0.4 is 0 Å². The largest absolute Gasteiger partial charge is 0.454 e. The van der Waals surface area contributed by atoms with Crippen LogP contribution in [0.3, 0.4) is 0 Å². The van der Waals surface area contributed by atoms with Gasteiger partial charge in [0.05, 0.1) is 23.3 Å². The van der Waals surface area contributed by atoms with Gasteiger partial charge in [0.1, 0.15) is 0 Å². The van der Waals surface area contributed by atoms with Crippen LogP contribution in [0, 0.1) is 0 Å². The first-order valence-corrected chi connectivity index (χ1v) is 8.54. The Labute approximate surface area is 152 Å². The minimum absolute atomic E-state index is 1.48. The summed E-state index contributed by atoms with van der Waals surface area (Å²) in [5, 5.41) is -8.03. The highest BCUT2D eigenvalue weighted by Gasteiger charge is 2.67. The lowest BCUT2D eigenvalue weighted by molar-refractivity contribution is -0.288. The normalized spacial score (nSPS) is 17.6. The molecule has 0 saturated heterocycles. The van der Waals surface area contributed by atoms with Gasteiger partial charge >= 0.3 is 36.6 Å². The van der Waals surface area contributed by atoms with Gasteiger partial charge < -0.3 is 0 Å². The Kier molecular flexibility index (Phi) is 8.25. The molecule has 0 bridgehead atoms. The molecule has 0 rings (SSSR count). The standard InChI is InChI=1S/C10H6F16S2/c11-5(12,13)1-3(7(17,18)9(21,22)23)27-28-4(2-6(14,15)16)8(19,20)10(24,25)26/h3-4H,1-2H2. The van der Waals surface area contributed by atoms with Crippen LogP contribution in [0.5, 0.6) is 0 Å². The second-order valence-electron chi connectivity index (χ2n) is 5.05. The smallest absolute Gasteiger partial charge is 0.195 e. The fourth-order valence-corrected chi connectivity index (χ4v) is 4.59. The van der Waals surface area contributed by atoms with Crippen molar-refractivity contribution in [2.24, 2.45) is 0 Å². The minimum atomic E-state index is -6.68. The van der Waals surface area contributed by atoms with Crippen LogP contribution in [0.1, 0.15) is 12.8 Å². The zero-order valence-corrected chi connectivity index (χ0v) is 14.1. The highest BCUT2D eigenvalue weighted by Crippen LogP contribution is 2.55. The summed E-state index contributed by atoms with van der Waals surface area (Å²) < 4.78 is 199. The third-order valence-electron chi connectivity index (χ3n) is 2.69. The molecule has 18 heteroatoms. The summed E-state index contributed by atoms with van der Waals surface area (Å²) in [6, 6.07) is 0. The minimum Gasteiger partial charge on any atom is -0.195 e. The van der Waals surface area contributed by atoms with E-state index < -0.39 is 81.5 Å². The molecule has 0 aromatic heterocycles. The summed E-state index contributed by atoms with van der Waals surface area (Å²) in [7, 11) is -2.96. The molecule has 2 atom stereocenters. The fourth-order valence-electron chi connectivity index (χ4n) is 1.36. The van der Waals surface area contributed by atoms with Crippen molar-refractivity contribution in [3.8, 4) is 0 Å². The van der Waals surface area contributed by atoms with Crippen molar-refractivity contribution in [1.29, 1.82) is 0 Å². The lowest BCUT2D eigenvalue weighted by Crippen LogP contribution is -2.48. The molecule has 0 nitrogen and oxygen atoms in total. The van der Waals surface area contributed by atoms with Crippen molar-refractivity contribution in [2.45, 2.75) is 59.9 Å². The first-order chi connectivity index (χ1) is 11.9. The number of hydrogen-bond acceptors (Lipinski definition) is 2. The van der Waals surface area contributed by atoms with Gasteiger partial charge in [-0.1, -0.05) is 21.6 Å². The first kappa shape index (κ1) is 27.6. The first-order valence-electron chi connectivity index (χ1n) is 6.26. The van der Waals surface area contributed by atoms with E-state index in [1.54, 1.807) is 0 Å². The molecular weight excluding hydrogens is 488 g/mol. The van der Waals surface area contributed by atoms with Gasteiger partial charge in [-0.3, -0.25) is 0 Å². The van der Waals surface area contributed by atoms with E-state index in [4.69, 9.17) is 0 Å². The van der Waals surface area contributed by atoms with Crippen molar-refractivity contribution >= 4 is 21.6 Å². The zero-order valence-electron chi connectivity index (χ0n) is 12.4. The SMILES string of the molecule is FC(F)(F)CC(SSC(CC(F)(F)F)C(F)(F)C(F)(F)F)C(F)(F)C(F)(F)F. The molecule has 0 spiro atoms. The quantitative estimate of drug-likeness (QED) is 0.267. The zero-order chi connectivity index (χ0) is 23.0. The number of rotatable bonds is 7. The average Bonchev–Trinajstić information content (AvgIpc) is 2.36. The predicted molar refractivity (Wildman–Crippen MR) is 66.1 cm³/mol. The highest BCUT2D eigenvalue weighted by atomic mass is 33.1. The van der Waals surface area contributed by atoms with Gasteiger partial charge in [0, 0.05) is 0 Å². The molecule has 0 fully saturated rings. The lowest BCUT2D eigenvalue weighted by atomic mass is 10.1. The van der Waals surface area contributed by atoms with Gasteiger partial charge in [0.15, 0.2) is 0 Å². The molecule has 0 aliphatic carbocycles. The fraction of sp³-hybridized carbons (Fsp3) is 1.00. The van der Waals surface area contributed by atoms with Crippen molar-refractivity contribution in [1.82, 2.24) is 0 Å². The van der Waals surface area contributed by atoms with Gasteiger partial charge in [-0.2, -0.15) is 70.2 Å². The average molecular weight is 494 g/mol. The summed E-state index contributed by atoms with van der Waals surface area (Å²) >= 11 is 0. The van der Waals surface area contributed by atoms with Gasteiger partial charge in [-0.15, -0.1) is 0 Å². The maximum atomic E-state index is 13.2. The van der Waals surface area contributed by atoms with Gasteiger partial charge in [0.25, 0.3) is 0 Å². The Hall–Kier alpha value is -0.420. The van der Waals surface area contributed by atoms with Gasteiger partial charge in [0.2, 0.25) is 0 Å². The Morgan fingerprint density at radius 3 is 0.786 bits per heavy atom. The Morgan fingerprint density at radius 1 is 0.429 bits per heavy atom. The van der Waals surface area contributed by atoms with Crippen LogP contribution in [0.4, 0.5) is 70.2 Å². The second kappa shape index (κ2) is 8.37. The summed E-state index contributed by atoms with van der Waals surface area (Å²) in [6.45, 7) is 0. The topological polar surface area (TPSA) is 0 Å². The van der Waals surface area contributed by atoms with Gasteiger partial charge in [-0.25, -0.2) is 0 Å². The van der Waals surface area contributed by atoms with E-state index in [0.29, 0.717) is 0 Å². The molecule has 0 amide bonds. The van der Waals surface area contributed by atoms with E-state index in [1.165, 1.54) is 0 Å². The molecule has 0 heterocycles. The molecule has 0 radical (unpaired) electrons. The van der Waals surface area contributed by atoms with Gasteiger partial charge in [-0.05, 0) is 0 Å². The van der Waals surface area contributed by atoms with Crippen LogP contribution in [0.15, 0.2) is 0 Å². The third kappa shape index (κ3) is 7.78. The molecule has 0 aliphatic heterocycles. The monoisotopic (exact) mass is 494 g/mol. The number of alkyl halides is 16. The van der Waals surface area contributed by atoms with E-state index in [0.717, 1.165) is 0 Å². The van der Waals surface area contributed by atoms with Crippen LogP contribution in [-0.4, -0.2) is 47.1 Å². The summed E-state index contributed by atoms with van der Waals surface area (Å²) in [6.07, 6.45) is -30.9. The van der Waals surface area contributed by atoms with Crippen LogP contribution >= 0.6 is 21.6 Å². The van der Waals surface area contributed by atoms with Crippen molar-refractivity contribution in [2.75, 3.05) is 0 Å². The second-order valence-corrected chi connectivity index (χ2v) is 7.73. The van der Waals surface area contributed by atoms with Crippen molar-refractivity contribution in [3.05, 3.63) is 0 Å². The molecule has 0 aliphatic rings. The van der Waals surface area contributed by atoms with Crippen LogP contribution in [0.25, 0.3) is 0 Å². The summed E-state index contributed by atoms with van der Waals surface area (Å²) in [5.74, 6) is -12.5. The van der Waals surface area contributed by atoms with E-state index in [-0.39, 0.29) is 0 Å². The van der Waals surface area contributed by atoms with Crippen LogP contribution in [-0.2, 0) is 0 Å². The molecule has 0 aromatic rings. The Bertz CT molecular complexity index is 452. The maximum Gasteiger partial charge on any atom is 0.454 e. The molecule has 2 unspecified atom stereocenters. The summed E-state index contributed by atoms with van der Waals surface area (Å²) in [5.41, 5.74) is 0. The number of halogens is 16. The Balaban J connectivity index is 5.82. The van der Waals surface area contributed by atoms with E-state index in [9.17, 15) is 70.2 Å². The maximum absolute atomic E-state index is 13.2. The molecule has 28 heavy (non-hydrogen) atoms. The van der Waals surface area contributed by atoms with Crippen LogP contribution in [0.2, 0.25) is 0 Å². The van der Waals surface area contributed by atoms with E-state index in [2.05, 4.69) is 0 Å². The molecule has 0 aromatic carbocycles. The molecule has 170 valence electrons. The predicted octanol–water partition coefficient (Wildman–Crippen LogP) is 7.41. The summed E-state index contributed by atoms with van der Waals surface area (Å²) in [4.78, 5) is 0. The van der Waals surface area contributed by atoms with Crippen molar-refractivity contribution in [3.63, 3.8) is 0 Å². The lowest BCUT2D eigenvalue weighted by Gasteiger charge is -2.32. The third-order valence-corrected chi connectivity index (χ3v) is 5.91. The molecule has 0 N–H and O–H groups in total. The van der Waals surface area contributed by atoms with E-state index >= 15 is 0 Å². The van der Waals surface area contributed by atoms with Crippen molar-refractivity contribution < 1.29 is 70.2 Å².